The lowest BCUT2D eigenvalue weighted by Crippen LogP contribution is -2.65. The topological polar surface area (TPSA) is 31.8 Å². The van der Waals surface area contributed by atoms with Crippen molar-refractivity contribution in [3.63, 3.8) is 0 Å². The van der Waals surface area contributed by atoms with Crippen LogP contribution in [-0.2, 0) is 10.8 Å². The summed E-state index contributed by atoms with van der Waals surface area (Å²) in [4.78, 5) is 13.4. The zero-order valence-corrected chi connectivity index (χ0v) is 36.0. The molecule has 298 valence electrons. The molecular weight excluding hydrogens is 754 g/mol. The number of hydrogen-bond acceptors (Lipinski definition) is 5. The second-order valence-electron chi connectivity index (χ2n) is 19.2. The molecule has 0 bridgehead atoms. The number of anilines is 9. The summed E-state index contributed by atoms with van der Waals surface area (Å²) >= 11 is 0. The average molecular weight is 801 g/mol. The van der Waals surface area contributed by atoms with Gasteiger partial charge in [0.2, 0.25) is 0 Å². The maximum atomic E-state index is 6.94. The molecule has 4 aliphatic heterocycles. The predicted octanol–water partition coefficient (Wildman–Crippen LogP) is 10.2. The normalized spacial score (nSPS) is 14.3. The number of para-hydroxylation sites is 5. The SMILES string of the molecule is CC(C)(C)c1cc2c3c(c1)N(c1ccccc1)c1nc4c(cc1B3c1ccccc1O2)B1c2ccccc2N(c2ccccc2)c2cc(C(C)(C)C)cc(c21)N4c1ccccc1. The van der Waals surface area contributed by atoms with Crippen LogP contribution in [0.2, 0.25) is 0 Å². The molecule has 12 rings (SSSR count). The minimum absolute atomic E-state index is 0.0812. The molecule has 0 atom stereocenters. The number of ether oxygens (including phenoxy) is 1. The van der Waals surface area contributed by atoms with Crippen molar-refractivity contribution in [3.8, 4) is 11.5 Å². The van der Waals surface area contributed by atoms with Gasteiger partial charge in [0.1, 0.15) is 23.1 Å². The standard InChI is InChI=1S/C55H46B2N4O/c1-54(2,3)35-30-45-50-46(31-35)60(38-22-12-8-13-23-38)52-42(56(50)40-26-16-18-28-44(40)59(45)37-20-10-7-11-21-37)34-43-53(58-52)61(39-24-14-9-15-25-39)47-32-36(55(4,5)6)33-49-51(47)57(43)41-27-17-19-29-48(41)62-49/h7-34H,1-6H3. The summed E-state index contributed by atoms with van der Waals surface area (Å²) in [6.45, 7) is 13.6. The number of nitrogens with zero attached hydrogens (tertiary/aromatic N) is 4. The van der Waals surface area contributed by atoms with E-state index in [4.69, 9.17) is 9.72 Å². The van der Waals surface area contributed by atoms with Gasteiger partial charge in [-0.05, 0) is 128 Å². The van der Waals surface area contributed by atoms with E-state index in [0.29, 0.717) is 0 Å². The van der Waals surface area contributed by atoms with Crippen LogP contribution in [-0.4, -0.2) is 18.4 Å². The van der Waals surface area contributed by atoms with Crippen LogP contribution >= 0.6 is 0 Å². The largest absolute Gasteiger partial charge is 0.458 e. The van der Waals surface area contributed by atoms with Crippen molar-refractivity contribution in [2.24, 2.45) is 0 Å². The third-order valence-electron chi connectivity index (χ3n) is 13.4. The molecule has 0 saturated carbocycles. The Labute approximate surface area is 365 Å². The first-order chi connectivity index (χ1) is 30.0. The highest BCUT2D eigenvalue weighted by Gasteiger charge is 2.49. The summed E-state index contributed by atoms with van der Waals surface area (Å²) in [6, 6.07) is 62.2. The molecule has 7 heteroatoms. The van der Waals surface area contributed by atoms with Gasteiger partial charge in [-0.25, -0.2) is 4.98 Å². The molecule has 8 aromatic rings. The number of aromatic nitrogens is 1. The number of rotatable bonds is 3. The summed E-state index contributed by atoms with van der Waals surface area (Å²) in [6.07, 6.45) is 0. The third kappa shape index (κ3) is 5.40. The quantitative estimate of drug-likeness (QED) is 0.166. The van der Waals surface area contributed by atoms with Gasteiger partial charge in [0, 0.05) is 39.8 Å². The second kappa shape index (κ2) is 13.3. The van der Waals surface area contributed by atoms with Crippen LogP contribution in [0.25, 0.3) is 0 Å². The number of hydrogen-bond donors (Lipinski definition) is 0. The van der Waals surface area contributed by atoms with Crippen molar-refractivity contribution in [2.75, 3.05) is 14.7 Å². The molecule has 0 saturated heterocycles. The monoisotopic (exact) mass is 800 g/mol. The average Bonchev–Trinajstić information content (AvgIpc) is 3.28. The van der Waals surface area contributed by atoms with Crippen LogP contribution in [0.4, 0.5) is 51.4 Å². The van der Waals surface area contributed by atoms with E-state index in [1.165, 1.54) is 49.8 Å². The predicted molar refractivity (Wildman–Crippen MR) is 262 cm³/mol. The van der Waals surface area contributed by atoms with Gasteiger partial charge in [0.15, 0.2) is 0 Å². The first-order valence-electron chi connectivity index (χ1n) is 21.9. The molecule has 0 spiro atoms. The molecule has 0 amide bonds. The zero-order chi connectivity index (χ0) is 42.1. The van der Waals surface area contributed by atoms with E-state index in [1.54, 1.807) is 0 Å². The van der Waals surface area contributed by atoms with Gasteiger partial charge in [0.25, 0.3) is 13.4 Å². The van der Waals surface area contributed by atoms with Gasteiger partial charge < -0.3 is 9.64 Å². The Morgan fingerprint density at radius 3 is 1.39 bits per heavy atom. The van der Waals surface area contributed by atoms with Crippen LogP contribution < -0.4 is 52.2 Å². The minimum Gasteiger partial charge on any atom is -0.458 e. The fourth-order valence-electron chi connectivity index (χ4n) is 10.3. The van der Waals surface area contributed by atoms with Gasteiger partial charge in [-0.3, -0.25) is 9.80 Å². The molecule has 0 N–H and O–H groups in total. The molecular formula is C55H46B2N4O. The van der Waals surface area contributed by atoms with E-state index in [9.17, 15) is 0 Å². The third-order valence-corrected chi connectivity index (χ3v) is 13.4. The number of pyridine rings is 1. The lowest BCUT2D eigenvalue weighted by molar-refractivity contribution is 0.483. The van der Waals surface area contributed by atoms with Crippen LogP contribution in [0.1, 0.15) is 52.7 Å². The number of fused-ring (bicyclic) bond motifs is 8. The Morgan fingerprint density at radius 2 is 0.823 bits per heavy atom. The van der Waals surface area contributed by atoms with Gasteiger partial charge in [-0.2, -0.15) is 0 Å². The Bertz CT molecular complexity index is 3100. The lowest BCUT2D eigenvalue weighted by Gasteiger charge is -2.46. The smallest absolute Gasteiger partial charge is 0.258 e. The van der Waals surface area contributed by atoms with Gasteiger partial charge in [0.05, 0.1) is 0 Å². The fourth-order valence-corrected chi connectivity index (χ4v) is 10.3. The molecule has 0 aliphatic carbocycles. The highest BCUT2D eigenvalue weighted by molar-refractivity contribution is 7.02. The molecule has 5 heterocycles. The van der Waals surface area contributed by atoms with E-state index in [0.717, 1.165) is 57.0 Å². The Morgan fingerprint density at radius 1 is 0.387 bits per heavy atom. The summed E-state index contributed by atoms with van der Waals surface area (Å²) in [7, 11) is 0. The van der Waals surface area contributed by atoms with Crippen molar-refractivity contribution in [1.29, 1.82) is 0 Å². The Kier molecular flexibility index (Phi) is 7.88. The van der Waals surface area contributed by atoms with E-state index in [1.807, 2.05) is 0 Å². The Balaban J connectivity index is 1.22. The first kappa shape index (κ1) is 36.8. The summed E-state index contributed by atoms with van der Waals surface area (Å²) in [5.41, 5.74) is 17.5. The van der Waals surface area contributed by atoms with E-state index < -0.39 is 0 Å². The molecule has 0 fully saturated rings. The van der Waals surface area contributed by atoms with Crippen LogP contribution in [0.3, 0.4) is 0 Å². The van der Waals surface area contributed by atoms with Crippen LogP contribution in [0, 0.1) is 0 Å². The van der Waals surface area contributed by atoms with E-state index in [-0.39, 0.29) is 24.3 Å². The second-order valence-corrected chi connectivity index (χ2v) is 19.2. The van der Waals surface area contributed by atoms with Gasteiger partial charge >= 0.3 is 0 Å². The highest BCUT2D eigenvalue weighted by Crippen LogP contribution is 2.48. The van der Waals surface area contributed by atoms with E-state index >= 15 is 0 Å². The maximum Gasteiger partial charge on any atom is 0.258 e. The van der Waals surface area contributed by atoms with Crippen molar-refractivity contribution >= 4 is 97.6 Å². The highest BCUT2D eigenvalue weighted by atomic mass is 16.5. The van der Waals surface area contributed by atoms with Gasteiger partial charge in [-0.15, -0.1) is 0 Å². The fraction of sp³-hybridized carbons (Fsp3) is 0.145. The Hall–Kier alpha value is -6.98. The van der Waals surface area contributed by atoms with Crippen molar-refractivity contribution < 1.29 is 4.74 Å². The van der Waals surface area contributed by atoms with Crippen molar-refractivity contribution in [3.05, 3.63) is 181 Å². The molecule has 0 radical (unpaired) electrons. The maximum absolute atomic E-state index is 6.94. The minimum atomic E-state index is -0.126. The molecule has 1 aromatic heterocycles. The van der Waals surface area contributed by atoms with Crippen LogP contribution in [0.15, 0.2) is 170 Å². The number of benzene rings is 7. The summed E-state index contributed by atoms with van der Waals surface area (Å²) in [5.74, 6) is 3.70. The van der Waals surface area contributed by atoms with Crippen molar-refractivity contribution in [1.82, 2.24) is 4.98 Å². The molecule has 0 unspecified atom stereocenters. The summed E-state index contributed by atoms with van der Waals surface area (Å²) in [5, 5.41) is 0. The van der Waals surface area contributed by atoms with E-state index in [2.05, 4.69) is 226 Å². The molecule has 5 nitrogen and oxygen atoms in total. The van der Waals surface area contributed by atoms with Gasteiger partial charge in [-0.1, -0.05) is 139 Å². The summed E-state index contributed by atoms with van der Waals surface area (Å²) < 4.78 is 6.94. The molecule has 7 aromatic carbocycles. The molecule has 62 heavy (non-hydrogen) atoms. The lowest BCUT2D eigenvalue weighted by atomic mass is 9.31. The molecule has 4 aliphatic rings. The zero-order valence-electron chi connectivity index (χ0n) is 36.0. The van der Waals surface area contributed by atoms with Crippen LogP contribution in [0.5, 0.6) is 11.5 Å². The first-order valence-corrected chi connectivity index (χ1v) is 21.9. The van der Waals surface area contributed by atoms with Crippen molar-refractivity contribution in [2.45, 2.75) is 52.4 Å².